The molecule has 21 heavy (non-hydrogen) atoms. The fourth-order valence-corrected chi connectivity index (χ4v) is 2.49. The molecule has 0 heterocycles. The maximum absolute atomic E-state index is 12.9. The normalized spacial score (nSPS) is 12.8. The van der Waals surface area contributed by atoms with Crippen molar-refractivity contribution >= 4 is 40.9 Å². The van der Waals surface area contributed by atoms with E-state index in [9.17, 15) is 14.0 Å². The number of nitrogens with one attached hydrogen (secondary N) is 1. The zero-order valence-corrected chi connectivity index (χ0v) is 13.1. The van der Waals surface area contributed by atoms with Gasteiger partial charge in [0.1, 0.15) is 11.9 Å². The van der Waals surface area contributed by atoms with E-state index in [1.807, 2.05) is 0 Å². The summed E-state index contributed by atoms with van der Waals surface area (Å²) in [6.07, 6.45) is 0. The molecule has 116 valence electrons. The molecule has 0 saturated carbocycles. The summed E-state index contributed by atoms with van der Waals surface area (Å²) in [4.78, 5) is 22.7. The lowest BCUT2D eigenvalue weighted by atomic mass is 10.1. The van der Waals surface area contributed by atoms with Gasteiger partial charge in [-0.05, 0) is 32.0 Å². The van der Waals surface area contributed by atoms with Crippen molar-refractivity contribution in [3.05, 3.63) is 29.0 Å². The highest BCUT2D eigenvalue weighted by Crippen LogP contribution is 2.28. The Hall–Kier alpha value is -1.31. The molecule has 0 aliphatic carbocycles. The van der Waals surface area contributed by atoms with E-state index in [1.54, 1.807) is 13.8 Å². The summed E-state index contributed by atoms with van der Waals surface area (Å²) < 4.78 is 12.1. The van der Waals surface area contributed by atoms with Gasteiger partial charge in [-0.3, -0.25) is 9.59 Å². The van der Waals surface area contributed by atoms with Gasteiger partial charge in [0.15, 0.2) is 0 Å². The molecule has 8 heteroatoms. The fourth-order valence-electron chi connectivity index (χ4n) is 1.42. The highest BCUT2D eigenvalue weighted by molar-refractivity contribution is 8.01. The Morgan fingerprint density at radius 1 is 1.52 bits per heavy atom. The van der Waals surface area contributed by atoms with Gasteiger partial charge in [0.2, 0.25) is 5.91 Å². The summed E-state index contributed by atoms with van der Waals surface area (Å²) in [6.45, 7) is 3.29. The molecule has 0 unspecified atom stereocenters. The molecule has 0 fully saturated rings. The third-order valence-corrected chi connectivity index (χ3v) is 4.51. The quantitative estimate of drug-likeness (QED) is 0.742. The molecule has 1 rings (SSSR count). The second-order valence-electron chi connectivity index (χ2n) is 4.88. The van der Waals surface area contributed by atoms with Crippen LogP contribution < -0.4 is 11.1 Å². The number of carboxylic acid groups (broad SMARTS) is 1. The standard InChI is InChI=1S/C13H16ClFN2O3S/c1-13(2,11(16)12(19)20)21-6-10(18)17-9-4-3-7(15)5-8(9)14/h3-5,11H,6,16H2,1-2H3,(H,17,18)(H,19,20)/t11-/m0/s1. The molecular weight excluding hydrogens is 319 g/mol. The van der Waals surface area contributed by atoms with E-state index in [4.69, 9.17) is 22.4 Å². The number of hydrogen-bond acceptors (Lipinski definition) is 4. The van der Waals surface area contributed by atoms with Crippen molar-refractivity contribution in [2.24, 2.45) is 5.73 Å². The van der Waals surface area contributed by atoms with E-state index in [1.165, 1.54) is 12.1 Å². The lowest BCUT2D eigenvalue weighted by Gasteiger charge is -2.27. The molecule has 0 bridgehead atoms. The molecule has 1 amide bonds. The molecule has 5 nitrogen and oxygen atoms in total. The Bertz CT molecular complexity index is 554. The van der Waals surface area contributed by atoms with Crippen LogP contribution in [0.5, 0.6) is 0 Å². The van der Waals surface area contributed by atoms with Gasteiger partial charge >= 0.3 is 5.97 Å². The van der Waals surface area contributed by atoms with E-state index in [-0.39, 0.29) is 16.7 Å². The molecule has 0 saturated heterocycles. The van der Waals surface area contributed by atoms with Gasteiger partial charge in [0, 0.05) is 4.75 Å². The molecule has 4 N–H and O–H groups in total. The first kappa shape index (κ1) is 17.7. The molecule has 0 aliphatic rings. The minimum absolute atomic E-state index is 0.00167. The Morgan fingerprint density at radius 2 is 2.14 bits per heavy atom. The van der Waals surface area contributed by atoms with E-state index >= 15 is 0 Å². The summed E-state index contributed by atoms with van der Waals surface area (Å²) in [6, 6.07) is 2.53. The second-order valence-corrected chi connectivity index (χ2v) is 6.92. The van der Waals surface area contributed by atoms with Crippen molar-refractivity contribution < 1.29 is 19.1 Å². The summed E-state index contributed by atoms with van der Waals surface area (Å²) >= 11 is 6.91. The molecule has 0 aromatic heterocycles. The van der Waals surface area contributed by atoms with Crippen LogP contribution in [-0.4, -0.2) is 33.5 Å². The second kappa shape index (κ2) is 7.11. The van der Waals surface area contributed by atoms with Crippen LogP contribution in [0.1, 0.15) is 13.8 Å². The van der Waals surface area contributed by atoms with E-state index in [2.05, 4.69) is 5.32 Å². The average Bonchev–Trinajstić information content (AvgIpc) is 2.39. The molecular formula is C13H16ClFN2O3S. The van der Waals surface area contributed by atoms with Crippen LogP contribution in [0, 0.1) is 5.82 Å². The predicted octanol–water partition coefficient (Wildman–Crippen LogP) is 2.34. The van der Waals surface area contributed by atoms with Crippen LogP contribution in [0.15, 0.2) is 18.2 Å². The SMILES string of the molecule is CC(C)(SCC(=O)Nc1ccc(F)cc1Cl)[C@@H](N)C(=O)O. The van der Waals surface area contributed by atoms with Gasteiger partial charge in [0.25, 0.3) is 0 Å². The monoisotopic (exact) mass is 334 g/mol. The van der Waals surface area contributed by atoms with Crippen molar-refractivity contribution in [2.45, 2.75) is 24.6 Å². The number of benzene rings is 1. The summed E-state index contributed by atoms with van der Waals surface area (Å²) in [5.74, 6) is -2.00. The van der Waals surface area contributed by atoms with E-state index < -0.39 is 22.6 Å². The first-order chi connectivity index (χ1) is 9.63. The lowest BCUT2D eigenvalue weighted by molar-refractivity contribution is -0.139. The minimum atomic E-state index is -1.13. The zero-order chi connectivity index (χ0) is 16.2. The van der Waals surface area contributed by atoms with Gasteiger partial charge in [-0.15, -0.1) is 11.8 Å². The maximum atomic E-state index is 12.9. The number of nitrogens with two attached hydrogens (primary N) is 1. The van der Waals surface area contributed by atoms with Gasteiger partial charge < -0.3 is 16.2 Å². The number of thioether (sulfide) groups is 1. The van der Waals surface area contributed by atoms with Crippen LogP contribution >= 0.6 is 23.4 Å². The van der Waals surface area contributed by atoms with Gasteiger partial charge in [-0.2, -0.15) is 0 Å². The first-order valence-electron chi connectivity index (χ1n) is 6.00. The van der Waals surface area contributed by atoms with Crippen molar-refractivity contribution in [2.75, 3.05) is 11.1 Å². The highest BCUT2D eigenvalue weighted by Gasteiger charge is 2.33. The van der Waals surface area contributed by atoms with E-state index in [0.717, 1.165) is 17.8 Å². The summed E-state index contributed by atoms with van der Waals surface area (Å²) in [7, 11) is 0. The average molecular weight is 335 g/mol. The van der Waals surface area contributed by atoms with Gasteiger partial charge in [-0.25, -0.2) is 4.39 Å². The fraction of sp³-hybridized carbons (Fsp3) is 0.385. The van der Waals surface area contributed by atoms with Crippen molar-refractivity contribution in [1.29, 1.82) is 0 Å². The van der Waals surface area contributed by atoms with Crippen LogP contribution in [0.25, 0.3) is 0 Å². The van der Waals surface area contributed by atoms with Crippen LogP contribution in [0.4, 0.5) is 10.1 Å². The largest absolute Gasteiger partial charge is 0.480 e. The lowest BCUT2D eigenvalue weighted by Crippen LogP contribution is -2.47. The highest BCUT2D eigenvalue weighted by atomic mass is 35.5. The molecule has 0 spiro atoms. The minimum Gasteiger partial charge on any atom is -0.480 e. The number of aliphatic carboxylic acids is 1. The maximum Gasteiger partial charge on any atom is 0.321 e. The molecule has 1 aromatic carbocycles. The Labute approximate surface area is 131 Å². The number of rotatable bonds is 6. The summed E-state index contributed by atoms with van der Waals surface area (Å²) in [5.41, 5.74) is 5.85. The van der Waals surface area contributed by atoms with E-state index in [0.29, 0.717) is 5.69 Å². The third-order valence-electron chi connectivity index (χ3n) is 2.80. The van der Waals surface area contributed by atoms with Gasteiger partial charge in [0.05, 0.1) is 16.5 Å². The number of hydrogen-bond donors (Lipinski definition) is 3. The molecule has 0 aliphatic heterocycles. The molecule has 1 atom stereocenters. The number of halogens is 2. The van der Waals surface area contributed by atoms with Crippen molar-refractivity contribution in [3.8, 4) is 0 Å². The summed E-state index contributed by atoms with van der Waals surface area (Å²) in [5, 5.41) is 11.5. The smallest absolute Gasteiger partial charge is 0.321 e. The zero-order valence-electron chi connectivity index (χ0n) is 11.5. The molecule has 0 radical (unpaired) electrons. The Morgan fingerprint density at radius 3 is 2.67 bits per heavy atom. The number of anilines is 1. The van der Waals surface area contributed by atoms with Crippen molar-refractivity contribution in [1.82, 2.24) is 0 Å². The third kappa shape index (κ3) is 5.18. The first-order valence-corrected chi connectivity index (χ1v) is 7.37. The number of amides is 1. The van der Waals surface area contributed by atoms with Crippen LogP contribution in [-0.2, 0) is 9.59 Å². The number of carbonyl (C=O) groups is 2. The predicted molar refractivity (Wildman–Crippen MR) is 82.2 cm³/mol. The topological polar surface area (TPSA) is 92.4 Å². The Kier molecular flexibility index (Phi) is 6.00. The van der Waals surface area contributed by atoms with Crippen LogP contribution in [0.2, 0.25) is 5.02 Å². The van der Waals surface area contributed by atoms with Gasteiger partial charge in [-0.1, -0.05) is 11.6 Å². The molecule has 1 aromatic rings. The van der Waals surface area contributed by atoms with Crippen molar-refractivity contribution in [3.63, 3.8) is 0 Å². The van der Waals surface area contributed by atoms with Crippen LogP contribution in [0.3, 0.4) is 0 Å². The number of carboxylic acids is 1. The number of carbonyl (C=O) groups excluding carboxylic acids is 1. The Balaban J connectivity index is 2.60.